The number of aryl methyl sites for hydroxylation is 3. The van der Waals surface area contributed by atoms with Gasteiger partial charge in [0.2, 0.25) is 5.91 Å². The fourth-order valence-corrected chi connectivity index (χ4v) is 3.61. The third kappa shape index (κ3) is 4.97. The lowest BCUT2D eigenvalue weighted by Crippen LogP contribution is -2.28. The number of benzene rings is 2. The first-order chi connectivity index (χ1) is 14.3. The summed E-state index contributed by atoms with van der Waals surface area (Å²) < 4.78 is 10.5. The van der Waals surface area contributed by atoms with E-state index in [4.69, 9.17) is 9.47 Å². The highest BCUT2D eigenvalue weighted by Gasteiger charge is 2.37. The first-order valence-corrected chi connectivity index (χ1v) is 9.76. The minimum absolute atomic E-state index is 0.0363. The lowest BCUT2D eigenvalue weighted by molar-refractivity contribution is -0.151. The molecule has 0 radical (unpaired) electrons. The third-order valence-electron chi connectivity index (χ3n) is 4.93. The lowest BCUT2D eigenvalue weighted by Gasteiger charge is -2.20. The minimum atomic E-state index is -0.628. The van der Waals surface area contributed by atoms with Crippen LogP contribution < -0.4 is 15.0 Å². The molecule has 0 aromatic heterocycles. The average Bonchev–Trinajstić information content (AvgIpc) is 3.07. The Morgan fingerprint density at radius 1 is 1.07 bits per heavy atom. The summed E-state index contributed by atoms with van der Waals surface area (Å²) in [6, 6.07) is 11.2. The van der Waals surface area contributed by atoms with Gasteiger partial charge < -0.3 is 19.7 Å². The predicted octanol–water partition coefficient (Wildman–Crippen LogP) is 3.16. The van der Waals surface area contributed by atoms with Crippen LogP contribution in [0, 0.1) is 26.7 Å². The van der Waals surface area contributed by atoms with Crippen molar-refractivity contribution in [1.82, 2.24) is 0 Å². The Morgan fingerprint density at radius 2 is 1.77 bits per heavy atom. The Morgan fingerprint density at radius 3 is 2.43 bits per heavy atom. The van der Waals surface area contributed by atoms with E-state index in [1.165, 1.54) is 12.0 Å². The number of nitrogens with zero attached hydrogens (tertiary/aromatic N) is 1. The molecule has 2 amide bonds. The molecule has 0 unspecified atom stereocenters. The van der Waals surface area contributed by atoms with Crippen molar-refractivity contribution in [3.63, 3.8) is 0 Å². The summed E-state index contributed by atoms with van der Waals surface area (Å²) in [5.74, 6) is -1.23. The molecule has 1 saturated heterocycles. The maximum Gasteiger partial charge on any atom is 0.311 e. The summed E-state index contributed by atoms with van der Waals surface area (Å²) in [4.78, 5) is 38.6. The molecule has 1 atom stereocenters. The summed E-state index contributed by atoms with van der Waals surface area (Å²) in [7, 11) is 1.54. The second-order valence-corrected chi connectivity index (χ2v) is 7.61. The van der Waals surface area contributed by atoms with E-state index in [1.807, 2.05) is 51.1 Å². The smallest absolute Gasteiger partial charge is 0.311 e. The molecule has 1 fully saturated rings. The van der Waals surface area contributed by atoms with E-state index in [2.05, 4.69) is 5.32 Å². The average molecular weight is 410 g/mol. The van der Waals surface area contributed by atoms with Gasteiger partial charge in [-0.3, -0.25) is 14.4 Å². The maximum atomic E-state index is 12.5. The standard InChI is InChI=1S/C23H26N2O5/c1-14-5-6-20(29-4)19(10-14)25-12-17(11-22(25)27)23(28)30-13-21(26)24-18-8-15(2)7-16(3)9-18/h5-10,17H,11-13H2,1-4H3,(H,24,26)/t17-/m1/s1. The molecule has 0 spiro atoms. The molecule has 7 heteroatoms. The fraction of sp³-hybridized carbons (Fsp3) is 0.348. The van der Waals surface area contributed by atoms with E-state index in [-0.39, 0.29) is 18.9 Å². The van der Waals surface area contributed by atoms with Gasteiger partial charge in [-0.1, -0.05) is 12.1 Å². The highest BCUT2D eigenvalue weighted by atomic mass is 16.5. The number of anilines is 2. The molecular weight excluding hydrogens is 384 g/mol. The van der Waals surface area contributed by atoms with Crippen molar-refractivity contribution in [2.24, 2.45) is 5.92 Å². The molecule has 0 saturated carbocycles. The van der Waals surface area contributed by atoms with Crippen LogP contribution in [-0.2, 0) is 19.1 Å². The van der Waals surface area contributed by atoms with E-state index >= 15 is 0 Å². The van der Waals surface area contributed by atoms with Gasteiger partial charge in [0.25, 0.3) is 5.91 Å². The molecular formula is C23H26N2O5. The summed E-state index contributed by atoms with van der Waals surface area (Å²) in [5.41, 5.74) is 4.32. The topological polar surface area (TPSA) is 84.9 Å². The van der Waals surface area contributed by atoms with Gasteiger partial charge in [0, 0.05) is 18.7 Å². The largest absolute Gasteiger partial charge is 0.495 e. The van der Waals surface area contributed by atoms with E-state index in [1.54, 1.807) is 6.07 Å². The normalized spacial score (nSPS) is 15.8. The summed E-state index contributed by atoms with van der Waals surface area (Å²) in [6.07, 6.45) is 0.0363. The van der Waals surface area contributed by atoms with Crippen LogP contribution in [0.15, 0.2) is 36.4 Å². The maximum absolute atomic E-state index is 12.5. The van der Waals surface area contributed by atoms with Gasteiger partial charge in [-0.2, -0.15) is 0 Å². The van der Waals surface area contributed by atoms with Gasteiger partial charge in [-0.15, -0.1) is 0 Å². The van der Waals surface area contributed by atoms with Crippen LogP contribution in [-0.4, -0.2) is 38.0 Å². The summed E-state index contributed by atoms with van der Waals surface area (Å²) in [6.45, 7) is 5.59. The van der Waals surface area contributed by atoms with Crippen molar-refractivity contribution in [3.05, 3.63) is 53.1 Å². The Kier molecular flexibility index (Phi) is 6.40. The molecule has 30 heavy (non-hydrogen) atoms. The molecule has 1 heterocycles. The summed E-state index contributed by atoms with van der Waals surface area (Å²) >= 11 is 0. The monoisotopic (exact) mass is 410 g/mol. The Hall–Kier alpha value is -3.35. The Labute approximate surface area is 176 Å². The number of rotatable bonds is 6. The second kappa shape index (κ2) is 8.98. The minimum Gasteiger partial charge on any atom is -0.495 e. The number of methoxy groups -OCH3 is 1. The third-order valence-corrected chi connectivity index (χ3v) is 4.93. The van der Waals surface area contributed by atoms with Crippen LogP contribution in [0.2, 0.25) is 0 Å². The number of esters is 1. The van der Waals surface area contributed by atoms with Crippen LogP contribution in [0.1, 0.15) is 23.1 Å². The highest BCUT2D eigenvalue weighted by molar-refractivity contribution is 6.01. The van der Waals surface area contributed by atoms with Gasteiger partial charge in [0.1, 0.15) is 5.75 Å². The SMILES string of the molecule is COc1ccc(C)cc1N1C[C@H](C(=O)OCC(=O)Nc2cc(C)cc(C)c2)CC1=O. The first kappa shape index (κ1) is 21.4. The molecule has 0 aliphatic carbocycles. The van der Waals surface area contributed by atoms with Crippen molar-refractivity contribution in [1.29, 1.82) is 0 Å². The van der Waals surface area contributed by atoms with Crippen LogP contribution in [0.4, 0.5) is 11.4 Å². The molecule has 3 rings (SSSR count). The van der Waals surface area contributed by atoms with Gasteiger partial charge in [0.05, 0.1) is 18.7 Å². The number of ether oxygens (including phenoxy) is 2. The fourth-order valence-electron chi connectivity index (χ4n) is 3.61. The molecule has 1 aliphatic heterocycles. The number of amides is 2. The molecule has 2 aromatic carbocycles. The molecule has 158 valence electrons. The summed E-state index contributed by atoms with van der Waals surface area (Å²) in [5, 5.41) is 2.72. The molecule has 1 aliphatic rings. The quantitative estimate of drug-likeness (QED) is 0.740. The molecule has 2 aromatic rings. The van der Waals surface area contributed by atoms with E-state index in [0.717, 1.165) is 16.7 Å². The van der Waals surface area contributed by atoms with Crippen LogP contribution in [0.25, 0.3) is 0 Å². The van der Waals surface area contributed by atoms with E-state index < -0.39 is 24.4 Å². The van der Waals surface area contributed by atoms with Crippen molar-refractivity contribution in [2.75, 3.05) is 30.5 Å². The van der Waals surface area contributed by atoms with Crippen molar-refractivity contribution in [2.45, 2.75) is 27.2 Å². The van der Waals surface area contributed by atoms with Crippen LogP contribution in [0.5, 0.6) is 5.75 Å². The van der Waals surface area contributed by atoms with Crippen LogP contribution >= 0.6 is 0 Å². The first-order valence-electron chi connectivity index (χ1n) is 9.76. The van der Waals surface area contributed by atoms with Gasteiger partial charge in [-0.25, -0.2) is 0 Å². The number of hydrogen-bond donors (Lipinski definition) is 1. The highest BCUT2D eigenvalue weighted by Crippen LogP contribution is 2.34. The second-order valence-electron chi connectivity index (χ2n) is 7.61. The zero-order chi connectivity index (χ0) is 21.8. The van der Waals surface area contributed by atoms with Crippen LogP contribution in [0.3, 0.4) is 0 Å². The van der Waals surface area contributed by atoms with Crippen molar-refractivity contribution < 1.29 is 23.9 Å². The Balaban J connectivity index is 1.58. The number of carbonyl (C=O) groups is 3. The van der Waals surface area contributed by atoms with Gasteiger partial charge in [-0.05, 0) is 61.7 Å². The zero-order valence-corrected chi connectivity index (χ0v) is 17.7. The van der Waals surface area contributed by atoms with Gasteiger partial charge >= 0.3 is 5.97 Å². The number of carbonyl (C=O) groups excluding carboxylic acids is 3. The van der Waals surface area contributed by atoms with Gasteiger partial charge in [0.15, 0.2) is 6.61 Å². The number of nitrogens with one attached hydrogen (secondary N) is 1. The van der Waals surface area contributed by atoms with Crippen molar-refractivity contribution in [3.8, 4) is 5.75 Å². The molecule has 1 N–H and O–H groups in total. The molecule has 0 bridgehead atoms. The van der Waals surface area contributed by atoms with E-state index in [9.17, 15) is 14.4 Å². The lowest BCUT2D eigenvalue weighted by atomic mass is 10.1. The predicted molar refractivity (Wildman–Crippen MR) is 114 cm³/mol. The van der Waals surface area contributed by atoms with Crippen molar-refractivity contribution >= 4 is 29.2 Å². The van der Waals surface area contributed by atoms with E-state index in [0.29, 0.717) is 17.1 Å². The zero-order valence-electron chi connectivity index (χ0n) is 17.7. The number of hydrogen-bond acceptors (Lipinski definition) is 5. The Bertz CT molecular complexity index is 965. The molecule has 7 nitrogen and oxygen atoms in total.